The molecular formula is C7H13BrN2. The Morgan fingerprint density at radius 2 is 2.30 bits per heavy atom. The first-order chi connectivity index (χ1) is 4.83. The number of rotatable bonds is 3. The summed E-state index contributed by atoms with van der Waals surface area (Å²) in [6.45, 7) is 4.38. The maximum absolute atomic E-state index is 3.38. The molecule has 1 aliphatic rings. The molecule has 0 spiro atoms. The van der Waals surface area contributed by atoms with Crippen molar-refractivity contribution in [1.29, 1.82) is 0 Å². The number of nitrogens with zero attached hydrogens (tertiary/aromatic N) is 2. The van der Waals surface area contributed by atoms with Crippen LogP contribution in [0.5, 0.6) is 0 Å². The van der Waals surface area contributed by atoms with Crippen LogP contribution < -0.4 is 0 Å². The van der Waals surface area contributed by atoms with E-state index in [4.69, 9.17) is 0 Å². The Morgan fingerprint density at radius 1 is 1.50 bits per heavy atom. The van der Waals surface area contributed by atoms with Crippen molar-refractivity contribution in [2.75, 3.05) is 13.2 Å². The van der Waals surface area contributed by atoms with Gasteiger partial charge in [-0.25, -0.2) is 0 Å². The number of unbranched alkanes of at least 4 members (excludes halogenated alkanes) is 1. The molecule has 0 saturated heterocycles. The number of hydrogen-bond donors (Lipinski definition) is 0. The van der Waals surface area contributed by atoms with Gasteiger partial charge in [-0.05, 0) is 6.42 Å². The lowest BCUT2D eigenvalue weighted by Crippen LogP contribution is -2.20. The van der Waals surface area contributed by atoms with Crippen molar-refractivity contribution in [3.8, 4) is 0 Å². The summed E-state index contributed by atoms with van der Waals surface area (Å²) in [5.74, 6) is 0. The molecule has 0 N–H and O–H groups in total. The van der Waals surface area contributed by atoms with Gasteiger partial charge in [0.2, 0.25) is 0 Å². The summed E-state index contributed by atoms with van der Waals surface area (Å²) in [7, 11) is 0. The van der Waals surface area contributed by atoms with Crippen LogP contribution in [-0.2, 0) is 0 Å². The van der Waals surface area contributed by atoms with Gasteiger partial charge in [0.1, 0.15) is 6.67 Å². The molecule has 0 aromatic rings. The average molecular weight is 205 g/mol. The van der Waals surface area contributed by atoms with E-state index in [1.165, 1.54) is 19.4 Å². The highest BCUT2D eigenvalue weighted by molar-refractivity contribution is 9.07. The highest BCUT2D eigenvalue weighted by Crippen LogP contribution is 2.10. The van der Waals surface area contributed by atoms with E-state index in [1.54, 1.807) is 0 Å². The van der Waals surface area contributed by atoms with Gasteiger partial charge in [0, 0.05) is 18.9 Å². The first kappa shape index (κ1) is 7.92. The average Bonchev–Trinajstić information content (AvgIpc) is 2.31. The van der Waals surface area contributed by atoms with Crippen molar-refractivity contribution in [2.45, 2.75) is 19.8 Å². The summed E-state index contributed by atoms with van der Waals surface area (Å²) in [5, 5.41) is 0. The van der Waals surface area contributed by atoms with Gasteiger partial charge in [-0.2, -0.15) is 0 Å². The molecule has 1 aliphatic heterocycles. The maximum atomic E-state index is 3.38. The van der Waals surface area contributed by atoms with Crippen LogP contribution in [0.25, 0.3) is 0 Å². The molecule has 1 heterocycles. The van der Waals surface area contributed by atoms with Gasteiger partial charge in [0.05, 0.1) is 16.1 Å². The Morgan fingerprint density at radius 3 is 2.80 bits per heavy atom. The SMILES string of the molecule is CCCCN1C=CN(Br)C1. The molecule has 0 aliphatic carbocycles. The second-order valence-electron chi connectivity index (χ2n) is 2.51. The maximum Gasteiger partial charge on any atom is 0.100 e. The normalized spacial score (nSPS) is 17.0. The van der Waals surface area contributed by atoms with Crippen LogP contribution in [0.1, 0.15) is 19.8 Å². The Labute approximate surface area is 70.8 Å². The van der Waals surface area contributed by atoms with Gasteiger partial charge in [-0.1, -0.05) is 13.3 Å². The van der Waals surface area contributed by atoms with Crippen LogP contribution >= 0.6 is 16.1 Å². The van der Waals surface area contributed by atoms with Crippen molar-refractivity contribution in [1.82, 2.24) is 8.83 Å². The molecule has 0 bridgehead atoms. The lowest BCUT2D eigenvalue weighted by Gasteiger charge is -2.15. The summed E-state index contributed by atoms with van der Waals surface area (Å²) in [6.07, 6.45) is 6.71. The molecule has 58 valence electrons. The van der Waals surface area contributed by atoms with Gasteiger partial charge in [-0.15, -0.1) is 0 Å². The van der Waals surface area contributed by atoms with E-state index in [1.807, 2.05) is 10.1 Å². The predicted molar refractivity (Wildman–Crippen MR) is 46.4 cm³/mol. The molecule has 0 unspecified atom stereocenters. The molecule has 0 aromatic carbocycles. The summed E-state index contributed by atoms with van der Waals surface area (Å²) in [4.78, 5) is 2.29. The third kappa shape index (κ3) is 2.21. The minimum atomic E-state index is 0.986. The molecule has 10 heavy (non-hydrogen) atoms. The zero-order valence-electron chi connectivity index (χ0n) is 6.26. The molecule has 0 saturated carbocycles. The Balaban J connectivity index is 2.14. The van der Waals surface area contributed by atoms with Crippen molar-refractivity contribution in [3.05, 3.63) is 12.4 Å². The van der Waals surface area contributed by atoms with E-state index in [0.717, 1.165) is 6.67 Å². The van der Waals surface area contributed by atoms with Crippen LogP contribution in [0.4, 0.5) is 0 Å². The van der Waals surface area contributed by atoms with E-state index in [-0.39, 0.29) is 0 Å². The monoisotopic (exact) mass is 204 g/mol. The zero-order valence-corrected chi connectivity index (χ0v) is 7.84. The summed E-state index contributed by atoms with van der Waals surface area (Å²) < 4.78 is 2.00. The van der Waals surface area contributed by atoms with Gasteiger partial charge in [-0.3, -0.25) is 3.93 Å². The lowest BCUT2D eigenvalue weighted by atomic mass is 10.3. The minimum absolute atomic E-state index is 0.986. The van der Waals surface area contributed by atoms with Gasteiger partial charge >= 0.3 is 0 Å². The molecule has 3 heteroatoms. The standard InChI is InChI=1S/C7H13BrN2/c1-2-3-4-9-5-6-10(8)7-9/h5-6H,2-4,7H2,1H3. The fourth-order valence-corrected chi connectivity index (χ4v) is 1.33. The largest absolute Gasteiger partial charge is 0.358 e. The minimum Gasteiger partial charge on any atom is -0.358 e. The highest BCUT2D eigenvalue weighted by atomic mass is 79.9. The summed E-state index contributed by atoms with van der Waals surface area (Å²) in [5.41, 5.74) is 0. The van der Waals surface area contributed by atoms with Crippen LogP contribution in [0, 0.1) is 0 Å². The summed E-state index contributed by atoms with van der Waals surface area (Å²) >= 11 is 3.38. The predicted octanol–water partition coefficient (Wildman–Crippen LogP) is 2.14. The van der Waals surface area contributed by atoms with E-state index in [9.17, 15) is 0 Å². The van der Waals surface area contributed by atoms with E-state index < -0.39 is 0 Å². The second-order valence-corrected chi connectivity index (χ2v) is 3.42. The fourth-order valence-electron chi connectivity index (χ4n) is 0.941. The number of halogens is 1. The van der Waals surface area contributed by atoms with Crippen molar-refractivity contribution in [2.24, 2.45) is 0 Å². The fraction of sp³-hybridized carbons (Fsp3) is 0.714. The Bertz CT molecular complexity index is 125. The van der Waals surface area contributed by atoms with Gasteiger partial charge < -0.3 is 4.90 Å². The summed E-state index contributed by atoms with van der Waals surface area (Å²) in [6, 6.07) is 0. The van der Waals surface area contributed by atoms with Crippen LogP contribution in [0.15, 0.2) is 12.4 Å². The molecule has 0 fully saturated rings. The third-order valence-electron chi connectivity index (χ3n) is 1.55. The molecule has 0 atom stereocenters. The third-order valence-corrected chi connectivity index (χ3v) is 2.02. The highest BCUT2D eigenvalue weighted by Gasteiger charge is 2.07. The van der Waals surface area contributed by atoms with Crippen LogP contribution in [0.3, 0.4) is 0 Å². The zero-order chi connectivity index (χ0) is 7.40. The molecule has 2 nitrogen and oxygen atoms in total. The molecular weight excluding hydrogens is 192 g/mol. The van der Waals surface area contributed by atoms with E-state index >= 15 is 0 Å². The van der Waals surface area contributed by atoms with Crippen molar-refractivity contribution in [3.63, 3.8) is 0 Å². The second kappa shape index (κ2) is 3.86. The molecule has 0 amide bonds. The van der Waals surface area contributed by atoms with Crippen molar-refractivity contribution < 1.29 is 0 Å². The van der Waals surface area contributed by atoms with Crippen LogP contribution in [0.2, 0.25) is 0 Å². The van der Waals surface area contributed by atoms with E-state index in [2.05, 4.69) is 34.2 Å². The van der Waals surface area contributed by atoms with Crippen molar-refractivity contribution >= 4 is 16.1 Å². The molecule has 1 rings (SSSR count). The smallest absolute Gasteiger partial charge is 0.100 e. The first-order valence-electron chi connectivity index (χ1n) is 3.67. The molecule has 0 radical (unpaired) electrons. The Hall–Kier alpha value is -0.180. The van der Waals surface area contributed by atoms with E-state index in [0.29, 0.717) is 0 Å². The van der Waals surface area contributed by atoms with Gasteiger partial charge in [0.15, 0.2) is 0 Å². The topological polar surface area (TPSA) is 6.48 Å². The van der Waals surface area contributed by atoms with Crippen LogP contribution in [-0.4, -0.2) is 22.0 Å². The number of hydrogen-bond acceptors (Lipinski definition) is 2. The quantitative estimate of drug-likeness (QED) is 0.651. The lowest BCUT2D eigenvalue weighted by molar-refractivity contribution is 0.345. The molecule has 0 aromatic heterocycles. The first-order valence-corrected chi connectivity index (χ1v) is 4.38. The Kier molecular flexibility index (Phi) is 3.06. The van der Waals surface area contributed by atoms with Gasteiger partial charge in [0.25, 0.3) is 0 Å².